The highest BCUT2D eigenvalue weighted by Gasteiger charge is 2.26. The summed E-state index contributed by atoms with van der Waals surface area (Å²) in [5.41, 5.74) is 0. The lowest BCUT2D eigenvalue weighted by Gasteiger charge is -2.09. The van der Waals surface area contributed by atoms with Gasteiger partial charge in [-0.1, -0.05) is 6.08 Å². The number of amides is 1. The van der Waals surface area contributed by atoms with Gasteiger partial charge < -0.3 is 4.74 Å². The molecule has 1 fully saturated rings. The molecule has 0 spiro atoms. The fourth-order valence-corrected chi connectivity index (χ4v) is 0.974. The first-order valence-electron chi connectivity index (χ1n) is 3.88. The Bertz CT molecular complexity index is 223. The van der Waals surface area contributed by atoms with Crippen LogP contribution in [0.2, 0.25) is 0 Å². The van der Waals surface area contributed by atoms with Crippen molar-refractivity contribution < 1.29 is 9.53 Å². The standard InChI is InChI=1S/C8H12N2O2/c1-3-5-9-8-10(4-2)7(11)6-12-8/h3H,1,4-6H2,2H3/b9-8-. The van der Waals surface area contributed by atoms with Crippen LogP contribution in [0.4, 0.5) is 0 Å². The number of carbonyl (C=O) groups excluding carboxylic acids is 1. The van der Waals surface area contributed by atoms with Crippen LogP contribution in [-0.2, 0) is 9.53 Å². The van der Waals surface area contributed by atoms with Crippen molar-refractivity contribution in [3.8, 4) is 0 Å². The summed E-state index contributed by atoms with van der Waals surface area (Å²) in [4.78, 5) is 16.6. The minimum Gasteiger partial charge on any atom is -0.455 e. The Morgan fingerprint density at radius 3 is 3.17 bits per heavy atom. The van der Waals surface area contributed by atoms with Crippen molar-refractivity contribution in [3.05, 3.63) is 12.7 Å². The molecule has 1 saturated heterocycles. The summed E-state index contributed by atoms with van der Waals surface area (Å²) in [5, 5.41) is 0. The smallest absolute Gasteiger partial charge is 0.295 e. The van der Waals surface area contributed by atoms with Crippen molar-refractivity contribution in [2.24, 2.45) is 4.99 Å². The molecule has 0 unspecified atom stereocenters. The highest BCUT2D eigenvalue weighted by Crippen LogP contribution is 2.04. The van der Waals surface area contributed by atoms with Crippen molar-refractivity contribution in [2.45, 2.75) is 6.92 Å². The van der Waals surface area contributed by atoms with E-state index in [-0.39, 0.29) is 12.5 Å². The fourth-order valence-electron chi connectivity index (χ4n) is 0.974. The van der Waals surface area contributed by atoms with Gasteiger partial charge >= 0.3 is 0 Å². The SMILES string of the molecule is C=CC/N=C1\OCC(=O)N1CC. The van der Waals surface area contributed by atoms with Gasteiger partial charge in [0.25, 0.3) is 11.9 Å². The molecule has 0 atom stereocenters. The molecule has 12 heavy (non-hydrogen) atoms. The molecule has 4 heteroatoms. The minimum atomic E-state index is -0.0275. The predicted octanol–water partition coefficient (Wildman–Crippen LogP) is 0.407. The van der Waals surface area contributed by atoms with Crippen LogP contribution in [0.5, 0.6) is 0 Å². The lowest BCUT2D eigenvalue weighted by atomic mass is 10.5. The first-order valence-corrected chi connectivity index (χ1v) is 3.88. The molecule has 0 aromatic carbocycles. The molecule has 0 aromatic heterocycles. The molecule has 1 amide bonds. The van der Waals surface area contributed by atoms with Crippen LogP contribution in [0, 0.1) is 0 Å². The van der Waals surface area contributed by atoms with Crippen molar-refractivity contribution in [1.29, 1.82) is 0 Å². The maximum atomic E-state index is 11.1. The monoisotopic (exact) mass is 168 g/mol. The number of ether oxygens (including phenoxy) is 1. The molecule has 4 nitrogen and oxygen atoms in total. The third-order valence-electron chi connectivity index (χ3n) is 1.53. The molecule has 1 aliphatic heterocycles. The summed E-state index contributed by atoms with van der Waals surface area (Å²) >= 11 is 0. The lowest BCUT2D eigenvalue weighted by Crippen LogP contribution is -2.29. The zero-order valence-electron chi connectivity index (χ0n) is 7.12. The normalized spacial score (nSPS) is 19.9. The Balaban J connectivity index is 2.65. The molecule has 0 aromatic rings. The quantitative estimate of drug-likeness (QED) is 0.573. The summed E-state index contributed by atoms with van der Waals surface area (Å²) in [5.74, 6) is -0.0275. The Kier molecular flexibility index (Phi) is 2.85. The molecule has 66 valence electrons. The van der Waals surface area contributed by atoms with Gasteiger partial charge in [0.15, 0.2) is 6.61 Å². The molecule has 0 bridgehead atoms. The average molecular weight is 168 g/mol. The van der Waals surface area contributed by atoms with Crippen LogP contribution in [-0.4, -0.2) is 36.5 Å². The Labute approximate surface area is 71.5 Å². The van der Waals surface area contributed by atoms with Crippen molar-refractivity contribution >= 4 is 11.9 Å². The van der Waals surface area contributed by atoms with Crippen molar-refractivity contribution in [1.82, 2.24) is 4.90 Å². The minimum absolute atomic E-state index is 0.0275. The van der Waals surface area contributed by atoms with Gasteiger partial charge in [-0.25, -0.2) is 4.99 Å². The maximum Gasteiger partial charge on any atom is 0.295 e. The van der Waals surface area contributed by atoms with E-state index in [1.165, 1.54) is 4.90 Å². The Morgan fingerprint density at radius 1 is 1.83 bits per heavy atom. The molecule has 0 radical (unpaired) electrons. The number of rotatable bonds is 3. The third kappa shape index (κ3) is 1.64. The predicted molar refractivity (Wildman–Crippen MR) is 45.8 cm³/mol. The van der Waals surface area contributed by atoms with Gasteiger partial charge in [-0.2, -0.15) is 0 Å². The van der Waals surface area contributed by atoms with E-state index in [1.54, 1.807) is 6.08 Å². The molecular formula is C8H12N2O2. The van der Waals surface area contributed by atoms with E-state index < -0.39 is 0 Å². The number of hydrogen-bond donors (Lipinski definition) is 0. The van der Waals surface area contributed by atoms with E-state index in [2.05, 4.69) is 11.6 Å². The van der Waals surface area contributed by atoms with E-state index in [4.69, 9.17) is 4.74 Å². The maximum absolute atomic E-state index is 11.1. The van der Waals surface area contributed by atoms with Crippen molar-refractivity contribution in [3.63, 3.8) is 0 Å². The highest BCUT2D eigenvalue weighted by atomic mass is 16.5. The van der Waals surface area contributed by atoms with Gasteiger partial charge in [-0.05, 0) is 6.92 Å². The highest BCUT2D eigenvalue weighted by molar-refractivity contribution is 6.00. The summed E-state index contributed by atoms with van der Waals surface area (Å²) in [6, 6.07) is 0.419. The molecule has 0 aliphatic carbocycles. The average Bonchev–Trinajstić information content (AvgIpc) is 2.43. The van der Waals surface area contributed by atoms with E-state index in [9.17, 15) is 4.79 Å². The van der Waals surface area contributed by atoms with Crippen LogP contribution in [0.15, 0.2) is 17.6 Å². The third-order valence-corrected chi connectivity index (χ3v) is 1.53. The van der Waals surface area contributed by atoms with Gasteiger partial charge in [-0.3, -0.25) is 9.69 Å². The van der Waals surface area contributed by atoms with Crippen LogP contribution < -0.4 is 0 Å². The number of amidine groups is 1. The van der Waals surface area contributed by atoms with Crippen LogP contribution >= 0.6 is 0 Å². The van der Waals surface area contributed by atoms with Crippen molar-refractivity contribution in [2.75, 3.05) is 19.7 Å². The van der Waals surface area contributed by atoms with E-state index in [1.807, 2.05) is 6.92 Å². The van der Waals surface area contributed by atoms with Crippen LogP contribution in [0.25, 0.3) is 0 Å². The zero-order chi connectivity index (χ0) is 8.97. The lowest BCUT2D eigenvalue weighted by molar-refractivity contribution is -0.125. The number of aliphatic imine (C=N–C) groups is 1. The molecule has 1 heterocycles. The first-order chi connectivity index (χ1) is 5.79. The summed E-state index contributed by atoms with van der Waals surface area (Å²) in [7, 11) is 0. The number of nitrogens with zero attached hydrogens (tertiary/aromatic N) is 2. The second-order valence-corrected chi connectivity index (χ2v) is 2.34. The summed E-state index contributed by atoms with van der Waals surface area (Å²) in [6.07, 6.45) is 1.66. The van der Waals surface area contributed by atoms with Crippen LogP contribution in [0.3, 0.4) is 0 Å². The van der Waals surface area contributed by atoms with E-state index in [0.717, 1.165) is 0 Å². The Hall–Kier alpha value is -1.32. The molecular weight excluding hydrogens is 156 g/mol. The summed E-state index contributed by atoms with van der Waals surface area (Å²) < 4.78 is 5.05. The molecule has 1 aliphatic rings. The second kappa shape index (κ2) is 3.90. The van der Waals surface area contributed by atoms with Gasteiger partial charge in [0.1, 0.15) is 0 Å². The number of hydrogen-bond acceptors (Lipinski definition) is 3. The van der Waals surface area contributed by atoms with Gasteiger partial charge in [0.2, 0.25) is 0 Å². The topological polar surface area (TPSA) is 41.9 Å². The zero-order valence-corrected chi connectivity index (χ0v) is 7.12. The molecule has 0 saturated carbocycles. The van der Waals surface area contributed by atoms with Gasteiger partial charge in [0, 0.05) is 6.54 Å². The largest absolute Gasteiger partial charge is 0.455 e. The molecule has 1 rings (SSSR count). The van der Waals surface area contributed by atoms with Crippen LogP contribution in [0.1, 0.15) is 6.92 Å². The van der Waals surface area contributed by atoms with Gasteiger partial charge in [0.05, 0.1) is 6.54 Å². The van der Waals surface area contributed by atoms with E-state index in [0.29, 0.717) is 19.1 Å². The first kappa shape index (κ1) is 8.77. The summed E-state index contributed by atoms with van der Waals surface area (Å²) in [6.45, 7) is 6.62. The van der Waals surface area contributed by atoms with E-state index >= 15 is 0 Å². The molecule has 0 N–H and O–H groups in total. The van der Waals surface area contributed by atoms with Gasteiger partial charge in [-0.15, -0.1) is 6.58 Å². The number of carbonyl (C=O) groups is 1. The Morgan fingerprint density at radius 2 is 2.58 bits per heavy atom. The number of likely N-dealkylation sites (N-methyl/N-ethyl adjacent to an activating group) is 1. The fraction of sp³-hybridized carbons (Fsp3) is 0.500. The second-order valence-electron chi connectivity index (χ2n) is 2.34.